The van der Waals surface area contributed by atoms with Crippen molar-refractivity contribution in [2.75, 3.05) is 25.3 Å². The lowest BCUT2D eigenvalue weighted by molar-refractivity contribution is -0.140. The number of nitrogens with zero attached hydrogens (tertiary/aromatic N) is 3. The number of ether oxygens (including phenoxy) is 3. The van der Waals surface area contributed by atoms with Crippen molar-refractivity contribution in [3.63, 3.8) is 0 Å². The average Bonchev–Trinajstić information content (AvgIpc) is 3.27. The van der Waals surface area contributed by atoms with Gasteiger partial charge in [0.25, 0.3) is 0 Å². The lowest BCUT2D eigenvalue weighted by Gasteiger charge is -2.28. The van der Waals surface area contributed by atoms with Crippen LogP contribution < -0.4 is 14.8 Å². The van der Waals surface area contributed by atoms with Gasteiger partial charge in [0.15, 0.2) is 11.5 Å². The van der Waals surface area contributed by atoms with Crippen LogP contribution in [0.1, 0.15) is 37.4 Å². The van der Waals surface area contributed by atoms with Gasteiger partial charge in [-0.2, -0.15) is 4.98 Å². The number of anilines is 1. The van der Waals surface area contributed by atoms with E-state index >= 15 is 0 Å². The third kappa shape index (κ3) is 4.89. The second-order valence-corrected chi connectivity index (χ2v) is 8.82. The number of nitrogens with one attached hydrogen (secondary N) is 1. The molecule has 0 fully saturated rings. The Morgan fingerprint density at radius 3 is 2.59 bits per heavy atom. The van der Waals surface area contributed by atoms with Gasteiger partial charge in [0.2, 0.25) is 11.1 Å². The summed E-state index contributed by atoms with van der Waals surface area (Å²) in [6.07, 6.45) is 1.01. The zero-order valence-corrected chi connectivity index (χ0v) is 20.5. The fourth-order valence-electron chi connectivity index (χ4n) is 3.78. The normalized spacial score (nSPS) is 14.9. The summed E-state index contributed by atoms with van der Waals surface area (Å²) in [5, 5.41) is 8.61. The SMILES string of the molecule is CCCSc1nc2n(n1)C(c1ccc(OC)c(OC)c1)C(C(=O)OCc1ccccc1)=C(C)N2. The van der Waals surface area contributed by atoms with Crippen LogP contribution in [-0.4, -0.2) is 40.7 Å². The first-order valence-electron chi connectivity index (χ1n) is 11.1. The molecule has 0 saturated heterocycles. The van der Waals surface area contributed by atoms with Gasteiger partial charge in [0, 0.05) is 11.4 Å². The highest BCUT2D eigenvalue weighted by atomic mass is 32.2. The molecule has 1 aliphatic heterocycles. The number of carbonyl (C=O) groups excluding carboxylic acids is 1. The van der Waals surface area contributed by atoms with E-state index in [4.69, 9.17) is 19.3 Å². The van der Waals surface area contributed by atoms with Crippen LogP contribution in [0.2, 0.25) is 0 Å². The molecule has 1 aliphatic rings. The number of hydrogen-bond donors (Lipinski definition) is 1. The van der Waals surface area contributed by atoms with Gasteiger partial charge < -0.3 is 19.5 Å². The van der Waals surface area contributed by atoms with Crippen LogP contribution >= 0.6 is 11.8 Å². The van der Waals surface area contributed by atoms with Crippen molar-refractivity contribution in [1.82, 2.24) is 14.8 Å². The van der Waals surface area contributed by atoms with Gasteiger partial charge in [0.05, 0.1) is 19.8 Å². The highest BCUT2D eigenvalue weighted by molar-refractivity contribution is 7.99. The van der Waals surface area contributed by atoms with E-state index in [0.29, 0.717) is 33.9 Å². The van der Waals surface area contributed by atoms with Crippen molar-refractivity contribution < 1.29 is 19.0 Å². The number of hydrogen-bond acceptors (Lipinski definition) is 8. The second-order valence-electron chi connectivity index (χ2n) is 7.75. The number of benzene rings is 2. The number of rotatable bonds is 9. The van der Waals surface area contributed by atoms with E-state index in [1.807, 2.05) is 55.5 Å². The quantitative estimate of drug-likeness (QED) is 0.344. The number of aromatic nitrogens is 3. The van der Waals surface area contributed by atoms with Gasteiger partial charge in [-0.15, -0.1) is 5.10 Å². The van der Waals surface area contributed by atoms with Gasteiger partial charge in [-0.05, 0) is 36.6 Å². The van der Waals surface area contributed by atoms with Crippen LogP contribution in [0.15, 0.2) is 65.0 Å². The number of methoxy groups -OCH3 is 2. The largest absolute Gasteiger partial charge is 0.493 e. The summed E-state index contributed by atoms with van der Waals surface area (Å²) in [4.78, 5) is 18.0. The van der Waals surface area contributed by atoms with Gasteiger partial charge in [-0.1, -0.05) is 55.1 Å². The molecule has 4 rings (SSSR count). The van der Waals surface area contributed by atoms with Crippen LogP contribution in [0.3, 0.4) is 0 Å². The lowest BCUT2D eigenvalue weighted by atomic mass is 9.95. The fourth-order valence-corrected chi connectivity index (χ4v) is 4.47. The zero-order valence-electron chi connectivity index (χ0n) is 19.7. The molecule has 1 N–H and O–H groups in total. The summed E-state index contributed by atoms with van der Waals surface area (Å²) in [5.41, 5.74) is 2.86. The van der Waals surface area contributed by atoms with Crippen LogP contribution in [0.5, 0.6) is 11.5 Å². The molecule has 1 atom stereocenters. The first kappa shape index (κ1) is 23.7. The average molecular weight is 481 g/mol. The molecule has 3 aromatic rings. The first-order chi connectivity index (χ1) is 16.5. The Bertz CT molecular complexity index is 1190. The van der Waals surface area contributed by atoms with Crippen LogP contribution in [-0.2, 0) is 16.1 Å². The smallest absolute Gasteiger partial charge is 0.338 e. The molecule has 0 aliphatic carbocycles. The predicted molar refractivity (Wildman–Crippen MR) is 131 cm³/mol. The molecule has 9 heteroatoms. The van der Waals surface area contributed by atoms with Crippen LogP contribution in [0.4, 0.5) is 5.95 Å². The Labute approximate surface area is 203 Å². The van der Waals surface area contributed by atoms with Gasteiger partial charge in [0.1, 0.15) is 12.6 Å². The van der Waals surface area contributed by atoms with E-state index in [1.165, 1.54) is 0 Å². The maximum atomic E-state index is 13.4. The summed E-state index contributed by atoms with van der Waals surface area (Å²) in [5.74, 6) is 2.23. The van der Waals surface area contributed by atoms with E-state index in [9.17, 15) is 4.79 Å². The number of fused-ring (bicyclic) bond motifs is 1. The van der Waals surface area contributed by atoms with Crippen LogP contribution in [0.25, 0.3) is 0 Å². The Kier molecular flexibility index (Phi) is 7.42. The van der Waals surface area contributed by atoms with Crippen molar-refractivity contribution in [2.45, 2.75) is 38.1 Å². The minimum atomic E-state index is -0.539. The number of esters is 1. The summed E-state index contributed by atoms with van der Waals surface area (Å²) in [6.45, 7) is 4.14. The van der Waals surface area contributed by atoms with E-state index < -0.39 is 12.0 Å². The summed E-state index contributed by atoms with van der Waals surface area (Å²) in [6, 6.07) is 14.6. The molecule has 34 heavy (non-hydrogen) atoms. The van der Waals surface area contributed by atoms with Gasteiger partial charge >= 0.3 is 5.97 Å². The monoisotopic (exact) mass is 480 g/mol. The van der Waals surface area contributed by atoms with Crippen molar-refractivity contribution in [3.05, 3.63) is 70.9 Å². The predicted octanol–water partition coefficient (Wildman–Crippen LogP) is 4.83. The Hall–Kier alpha value is -3.46. The Balaban J connectivity index is 1.73. The van der Waals surface area contributed by atoms with Gasteiger partial charge in [-0.3, -0.25) is 0 Å². The minimum Gasteiger partial charge on any atom is -0.493 e. The topological polar surface area (TPSA) is 87.5 Å². The third-order valence-corrected chi connectivity index (χ3v) is 6.47. The third-order valence-electron chi connectivity index (χ3n) is 5.42. The van der Waals surface area contributed by atoms with Crippen molar-refractivity contribution >= 4 is 23.7 Å². The first-order valence-corrected chi connectivity index (χ1v) is 12.0. The second kappa shape index (κ2) is 10.6. The molecule has 0 bridgehead atoms. The highest BCUT2D eigenvalue weighted by Gasteiger charge is 2.35. The number of thioether (sulfide) groups is 1. The molecule has 178 valence electrons. The van der Waals surface area contributed by atoms with Crippen molar-refractivity contribution in [2.24, 2.45) is 0 Å². The number of allylic oxidation sites excluding steroid dienone is 1. The van der Waals surface area contributed by atoms with Crippen LogP contribution in [0, 0.1) is 0 Å². The molecule has 1 aromatic heterocycles. The number of carbonyl (C=O) groups is 1. The molecule has 8 nitrogen and oxygen atoms in total. The summed E-state index contributed by atoms with van der Waals surface area (Å²) in [7, 11) is 3.17. The Morgan fingerprint density at radius 1 is 1.12 bits per heavy atom. The maximum Gasteiger partial charge on any atom is 0.338 e. The van der Waals surface area contributed by atoms with Crippen molar-refractivity contribution in [1.29, 1.82) is 0 Å². The molecule has 0 radical (unpaired) electrons. The molecule has 0 spiro atoms. The van der Waals surface area contributed by atoms with E-state index in [-0.39, 0.29) is 6.61 Å². The minimum absolute atomic E-state index is 0.178. The Morgan fingerprint density at radius 2 is 1.88 bits per heavy atom. The van der Waals surface area contributed by atoms with E-state index in [2.05, 4.69) is 17.2 Å². The molecule has 0 saturated carbocycles. The fraction of sp³-hybridized carbons (Fsp3) is 0.320. The highest BCUT2D eigenvalue weighted by Crippen LogP contribution is 2.39. The summed E-state index contributed by atoms with van der Waals surface area (Å²) >= 11 is 1.58. The lowest BCUT2D eigenvalue weighted by Crippen LogP contribution is -2.29. The maximum absolute atomic E-state index is 13.4. The van der Waals surface area contributed by atoms with Gasteiger partial charge in [-0.25, -0.2) is 9.48 Å². The molecule has 1 unspecified atom stereocenters. The van der Waals surface area contributed by atoms with Crippen molar-refractivity contribution in [3.8, 4) is 11.5 Å². The molecular formula is C25H28N4O4S. The van der Waals surface area contributed by atoms with E-state index in [0.717, 1.165) is 23.3 Å². The molecule has 0 amide bonds. The van der Waals surface area contributed by atoms with E-state index in [1.54, 1.807) is 30.7 Å². The zero-order chi connectivity index (χ0) is 24.1. The molecular weight excluding hydrogens is 452 g/mol. The standard InChI is InChI=1S/C25H28N4O4S/c1-5-13-34-25-27-24-26-16(2)21(23(30)33-15-17-9-7-6-8-10-17)22(29(24)28-25)18-11-12-19(31-3)20(14-18)32-4/h6-12,14,22H,5,13,15H2,1-4H3,(H,26,27,28). The summed E-state index contributed by atoms with van der Waals surface area (Å²) < 4.78 is 18.4. The molecule has 2 aromatic carbocycles. The molecule has 2 heterocycles.